The summed E-state index contributed by atoms with van der Waals surface area (Å²) in [5.74, 6) is 0. The highest BCUT2D eigenvalue weighted by atomic mass is 15.3. The van der Waals surface area contributed by atoms with Crippen LogP contribution in [0.25, 0.3) is 0 Å². The summed E-state index contributed by atoms with van der Waals surface area (Å²) in [5.41, 5.74) is 7.61. The van der Waals surface area contributed by atoms with Crippen molar-refractivity contribution in [2.45, 2.75) is 92.8 Å². The first-order valence-electron chi connectivity index (χ1n) is 8.78. The Morgan fingerprint density at radius 2 is 1.19 bits per heavy atom. The van der Waals surface area contributed by atoms with Gasteiger partial charge in [0.05, 0.1) is 0 Å². The molecule has 0 saturated carbocycles. The monoisotopic (exact) mass is 287 g/mol. The summed E-state index contributed by atoms with van der Waals surface area (Å²) >= 11 is 0. The largest absolute Gasteiger partial charge is 0.287 e. The lowest BCUT2D eigenvalue weighted by molar-refractivity contribution is 0.213. The summed E-state index contributed by atoms with van der Waals surface area (Å²) in [6.45, 7) is 19.2. The molecule has 2 aliphatic heterocycles. The first-order chi connectivity index (χ1) is 9.53. The van der Waals surface area contributed by atoms with E-state index >= 15 is 0 Å². The number of hydrogen-bond acceptors (Lipinski definition) is 1. The van der Waals surface area contributed by atoms with Gasteiger partial charge in [-0.1, -0.05) is 52.7 Å². The van der Waals surface area contributed by atoms with Gasteiger partial charge in [-0.25, -0.2) is 0 Å². The van der Waals surface area contributed by atoms with Crippen molar-refractivity contribution in [1.29, 1.82) is 0 Å². The van der Waals surface area contributed by atoms with Crippen molar-refractivity contribution in [1.82, 2.24) is 4.90 Å². The first kappa shape index (κ1) is 15.3. The highest BCUT2D eigenvalue weighted by molar-refractivity contribution is 5.60. The van der Waals surface area contributed by atoms with Crippen LogP contribution in [0, 0.1) is 10.8 Å². The van der Waals surface area contributed by atoms with Crippen LogP contribution in [0.2, 0.25) is 0 Å². The van der Waals surface area contributed by atoms with E-state index in [0.29, 0.717) is 29.0 Å². The molecule has 2 unspecified atom stereocenters. The highest BCUT2D eigenvalue weighted by Gasteiger charge is 2.53. The van der Waals surface area contributed by atoms with Crippen LogP contribution in [0.4, 0.5) is 0 Å². The SMILES string of the molecule is CC(C)N1C2CCC1C1=C(C(C)(C)C)CC(C(C)(C)C)=C12. The van der Waals surface area contributed by atoms with Crippen LogP contribution in [-0.4, -0.2) is 23.0 Å². The minimum atomic E-state index is 0.306. The lowest BCUT2D eigenvalue weighted by atomic mass is 9.78. The molecule has 0 aromatic carbocycles. The fourth-order valence-corrected chi connectivity index (χ4v) is 4.93. The van der Waals surface area contributed by atoms with Crippen LogP contribution >= 0.6 is 0 Å². The summed E-state index contributed by atoms with van der Waals surface area (Å²) in [5, 5.41) is 0. The van der Waals surface area contributed by atoms with E-state index in [1.54, 1.807) is 22.3 Å². The molecule has 2 bridgehead atoms. The molecule has 2 heterocycles. The molecule has 3 rings (SSSR count). The molecule has 1 heteroatoms. The Kier molecular flexibility index (Phi) is 3.27. The van der Waals surface area contributed by atoms with E-state index in [4.69, 9.17) is 0 Å². The van der Waals surface area contributed by atoms with E-state index < -0.39 is 0 Å². The molecule has 21 heavy (non-hydrogen) atoms. The maximum atomic E-state index is 2.81. The van der Waals surface area contributed by atoms with Crippen LogP contribution in [0.1, 0.15) is 74.7 Å². The third kappa shape index (κ3) is 2.15. The van der Waals surface area contributed by atoms with E-state index in [0.717, 1.165) is 0 Å². The van der Waals surface area contributed by atoms with Crippen molar-refractivity contribution in [3.05, 3.63) is 22.3 Å². The molecule has 1 aliphatic carbocycles. The van der Waals surface area contributed by atoms with Crippen molar-refractivity contribution in [2.24, 2.45) is 10.8 Å². The van der Waals surface area contributed by atoms with Gasteiger partial charge in [-0.3, -0.25) is 4.90 Å². The quantitative estimate of drug-likeness (QED) is 0.630. The van der Waals surface area contributed by atoms with Crippen molar-refractivity contribution >= 4 is 0 Å². The Morgan fingerprint density at radius 3 is 1.48 bits per heavy atom. The molecule has 3 aliphatic rings. The molecule has 118 valence electrons. The fourth-order valence-electron chi connectivity index (χ4n) is 4.93. The van der Waals surface area contributed by atoms with Gasteiger partial charge in [0, 0.05) is 18.1 Å². The second-order valence-electron chi connectivity index (χ2n) is 9.61. The molecular weight excluding hydrogens is 254 g/mol. The maximum absolute atomic E-state index is 2.81. The van der Waals surface area contributed by atoms with E-state index in [1.807, 2.05) is 0 Å². The summed E-state index contributed by atoms with van der Waals surface area (Å²) in [6, 6.07) is 2.08. The van der Waals surface area contributed by atoms with Crippen molar-refractivity contribution in [2.75, 3.05) is 0 Å². The lowest BCUT2D eigenvalue weighted by Gasteiger charge is -2.31. The predicted molar refractivity (Wildman–Crippen MR) is 91.4 cm³/mol. The molecule has 0 aromatic heterocycles. The minimum absolute atomic E-state index is 0.306. The zero-order chi connectivity index (χ0) is 15.7. The molecule has 0 N–H and O–H groups in total. The Labute approximate surface area is 131 Å². The van der Waals surface area contributed by atoms with Crippen LogP contribution in [-0.2, 0) is 0 Å². The average molecular weight is 287 g/mol. The smallest absolute Gasteiger partial charge is 0.0360 e. The van der Waals surface area contributed by atoms with Crippen molar-refractivity contribution in [3.63, 3.8) is 0 Å². The molecule has 0 aromatic rings. The Bertz CT molecular complexity index is 475. The molecular formula is C20H33N. The van der Waals surface area contributed by atoms with Gasteiger partial charge in [0.15, 0.2) is 0 Å². The van der Waals surface area contributed by atoms with Crippen molar-refractivity contribution < 1.29 is 0 Å². The Morgan fingerprint density at radius 1 is 0.810 bits per heavy atom. The van der Waals surface area contributed by atoms with Crippen LogP contribution in [0.3, 0.4) is 0 Å². The van der Waals surface area contributed by atoms with Gasteiger partial charge < -0.3 is 0 Å². The Balaban J connectivity index is 2.16. The second kappa shape index (κ2) is 4.47. The molecule has 1 nitrogen and oxygen atoms in total. The standard InChI is InChI=1S/C20H33N/c1-12(2)21-15-9-10-16(21)18-14(20(6,7)8)11-13(17(15)18)19(3,4)5/h12,15-16H,9-11H2,1-8H3. The predicted octanol–water partition coefficient (Wildman–Crippen LogP) is 5.33. The maximum Gasteiger partial charge on any atom is 0.0360 e. The van der Waals surface area contributed by atoms with Crippen LogP contribution in [0.15, 0.2) is 22.3 Å². The molecule has 2 saturated heterocycles. The molecule has 0 amide bonds. The number of fused-ring (bicyclic) bond motifs is 5. The topological polar surface area (TPSA) is 3.24 Å². The van der Waals surface area contributed by atoms with E-state index in [2.05, 4.69) is 60.3 Å². The van der Waals surface area contributed by atoms with Gasteiger partial charge in [-0.15, -0.1) is 0 Å². The highest BCUT2D eigenvalue weighted by Crippen LogP contribution is 2.58. The normalized spacial score (nSPS) is 30.1. The summed E-state index contributed by atoms with van der Waals surface area (Å²) in [6.07, 6.45) is 3.98. The zero-order valence-electron chi connectivity index (χ0n) is 15.3. The molecule has 0 radical (unpaired) electrons. The second-order valence-corrected chi connectivity index (χ2v) is 9.61. The van der Waals surface area contributed by atoms with Gasteiger partial charge in [0.2, 0.25) is 0 Å². The van der Waals surface area contributed by atoms with Gasteiger partial charge >= 0.3 is 0 Å². The van der Waals surface area contributed by atoms with Crippen LogP contribution < -0.4 is 0 Å². The zero-order valence-corrected chi connectivity index (χ0v) is 15.3. The van der Waals surface area contributed by atoms with Gasteiger partial charge in [0.25, 0.3) is 0 Å². The van der Waals surface area contributed by atoms with E-state index in [-0.39, 0.29) is 0 Å². The number of nitrogens with zero attached hydrogens (tertiary/aromatic N) is 1. The lowest BCUT2D eigenvalue weighted by Crippen LogP contribution is -2.36. The molecule has 2 atom stereocenters. The number of hydrogen-bond donors (Lipinski definition) is 0. The summed E-state index contributed by atoms with van der Waals surface area (Å²) < 4.78 is 0. The number of rotatable bonds is 1. The number of allylic oxidation sites excluding steroid dienone is 2. The van der Waals surface area contributed by atoms with Crippen molar-refractivity contribution in [3.8, 4) is 0 Å². The van der Waals surface area contributed by atoms with E-state index in [1.165, 1.54) is 19.3 Å². The van der Waals surface area contributed by atoms with E-state index in [9.17, 15) is 0 Å². The minimum Gasteiger partial charge on any atom is -0.287 e. The van der Waals surface area contributed by atoms with Crippen LogP contribution in [0.5, 0.6) is 0 Å². The summed E-state index contributed by atoms with van der Waals surface area (Å²) in [4.78, 5) is 2.81. The third-order valence-corrected chi connectivity index (χ3v) is 5.80. The Hall–Kier alpha value is -0.560. The third-order valence-electron chi connectivity index (χ3n) is 5.80. The van der Waals surface area contributed by atoms with Gasteiger partial charge in [0.1, 0.15) is 0 Å². The first-order valence-corrected chi connectivity index (χ1v) is 8.78. The van der Waals surface area contributed by atoms with Gasteiger partial charge in [-0.2, -0.15) is 0 Å². The molecule has 0 spiro atoms. The molecule has 2 fully saturated rings. The summed E-state index contributed by atoms with van der Waals surface area (Å²) in [7, 11) is 0. The fraction of sp³-hybridized carbons (Fsp3) is 0.800. The average Bonchev–Trinajstić information content (AvgIpc) is 2.94. The van der Waals surface area contributed by atoms with Gasteiger partial charge in [-0.05, 0) is 55.1 Å².